The third-order valence-corrected chi connectivity index (χ3v) is 4.21. The second kappa shape index (κ2) is 5.60. The Balaban J connectivity index is 2.21. The van der Waals surface area contributed by atoms with Crippen LogP contribution in [0.3, 0.4) is 0 Å². The summed E-state index contributed by atoms with van der Waals surface area (Å²) < 4.78 is 40.1. The van der Waals surface area contributed by atoms with E-state index < -0.39 is 15.8 Å². The van der Waals surface area contributed by atoms with Gasteiger partial charge in [0.15, 0.2) is 0 Å². The van der Waals surface area contributed by atoms with Crippen molar-refractivity contribution in [1.29, 1.82) is 0 Å². The summed E-state index contributed by atoms with van der Waals surface area (Å²) in [6, 6.07) is 10.8. The minimum Gasteiger partial charge on any atom is -0.399 e. The fraction of sp³-hybridized carbons (Fsp3) is 0.143. The summed E-state index contributed by atoms with van der Waals surface area (Å²) in [6.07, 6.45) is 0. The standard InChI is InChI=1S/C14H15FN2O2S/c1-10-5-6-13(15)14(7-10)20(18,19)17-9-11-3-2-4-12(16)8-11/h2-8,17H,9,16H2,1H3. The molecule has 0 amide bonds. The van der Waals surface area contributed by atoms with Crippen molar-refractivity contribution in [2.45, 2.75) is 18.4 Å². The molecular formula is C14H15FN2O2S. The van der Waals surface area contributed by atoms with E-state index in [9.17, 15) is 12.8 Å². The number of rotatable bonds is 4. The van der Waals surface area contributed by atoms with Gasteiger partial charge in [0.25, 0.3) is 0 Å². The molecule has 0 atom stereocenters. The Kier molecular flexibility index (Phi) is 4.06. The fourth-order valence-corrected chi connectivity index (χ4v) is 2.95. The van der Waals surface area contributed by atoms with Crippen molar-refractivity contribution < 1.29 is 12.8 Å². The number of sulfonamides is 1. The van der Waals surface area contributed by atoms with E-state index in [1.165, 1.54) is 12.1 Å². The molecule has 0 bridgehead atoms. The summed E-state index contributed by atoms with van der Waals surface area (Å²) in [6.45, 7) is 1.76. The lowest BCUT2D eigenvalue weighted by Crippen LogP contribution is -2.24. The van der Waals surface area contributed by atoms with E-state index in [1.807, 2.05) is 0 Å². The number of benzene rings is 2. The lowest BCUT2D eigenvalue weighted by atomic mass is 10.2. The van der Waals surface area contributed by atoms with Crippen molar-refractivity contribution in [1.82, 2.24) is 4.72 Å². The maximum Gasteiger partial charge on any atom is 0.243 e. The highest BCUT2D eigenvalue weighted by atomic mass is 32.2. The Hall–Kier alpha value is -1.92. The lowest BCUT2D eigenvalue weighted by Gasteiger charge is -2.09. The number of hydrogen-bond acceptors (Lipinski definition) is 3. The molecule has 0 unspecified atom stereocenters. The fourth-order valence-electron chi connectivity index (χ4n) is 1.78. The van der Waals surface area contributed by atoms with Gasteiger partial charge in [-0.3, -0.25) is 0 Å². The van der Waals surface area contributed by atoms with Crippen molar-refractivity contribution in [3.63, 3.8) is 0 Å². The third-order valence-electron chi connectivity index (χ3n) is 2.79. The van der Waals surface area contributed by atoms with E-state index in [1.54, 1.807) is 31.2 Å². The molecule has 106 valence electrons. The molecule has 2 rings (SSSR count). The Morgan fingerprint density at radius 1 is 1.20 bits per heavy atom. The summed E-state index contributed by atoms with van der Waals surface area (Å²) in [5.41, 5.74) is 7.55. The molecule has 20 heavy (non-hydrogen) atoms. The first kappa shape index (κ1) is 14.5. The van der Waals surface area contributed by atoms with Crippen LogP contribution < -0.4 is 10.5 Å². The van der Waals surface area contributed by atoms with E-state index in [0.717, 1.165) is 6.07 Å². The summed E-state index contributed by atoms with van der Waals surface area (Å²) in [5.74, 6) is -0.768. The number of hydrogen-bond donors (Lipinski definition) is 2. The van der Waals surface area contributed by atoms with E-state index >= 15 is 0 Å². The lowest BCUT2D eigenvalue weighted by molar-refractivity contribution is 0.556. The Morgan fingerprint density at radius 2 is 1.95 bits per heavy atom. The second-order valence-electron chi connectivity index (χ2n) is 4.50. The van der Waals surface area contributed by atoms with Gasteiger partial charge in [0.2, 0.25) is 10.0 Å². The zero-order chi connectivity index (χ0) is 14.8. The minimum absolute atomic E-state index is 0.0563. The van der Waals surface area contributed by atoms with E-state index in [-0.39, 0.29) is 11.4 Å². The van der Waals surface area contributed by atoms with Gasteiger partial charge in [0, 0.05) is 12.2 Å². The molecule has 0 saturated heterocycles. The number of nitrogen functional groups attached to an aromatic ring is 1. The van der Waals surface area contributed by atoms with Gasteiger partial charge in [0.05, 0.1) is 0 Å². The van der Waals surface area contributed by atoms with Gasteiger partial charge < -0.3 is 5.73 Å². The summed E-state index contributed by atoms with van der Waals surface area (Å²) in [4.78, 5) is -0.346. The van der Waals surface area contributed by atoms with Crippen LogP contribution in [0.15, 0.2) is 47.4 Å². The van der Waals surface area contributed by atoms with Gasteiger partial charge in [-0.2, -0.15) is 0 Å². The van der Waals surface area contributed by atoms with Gasteiger partial charge in [-0.25, -0.2) is 17.5 Å². The molecule has 2 aromatic carbocycles. The van der Waals surface area contributed by atoms with Crippen molar-refractivity contribution in [3.8, 4) is 0 Å². The van der Waals surface area contributed by atoms with Crippen LogP contribution in [0.2, 0.25) is 0 Å². The molecule has 0 aromatic heterocycles. The van der Waals surface area contributed by atoms with Gasteiger partial charge in [-0.15, -0.1) is 0 Å². The van der Waals surface area contributed by atoms with E-state index in [0.29, 0.717) is 16.8 Å². The molecule has 0 aliphatic carbocycles. The first-order chi connectivity index (χ1) is 9.38. The zero-order valence-electron chi connectivity index (χ0n) is 10.9. The minimum atomic E-state index is -3.89. The molecule has 0 aliphatic heterocycles. The van der Waals surface area contributed by atoms with Crippen LogP contribution in [-0.2, 0) is 16.6 Å². The molecule has 0 heterocycles. The maximum atomic E-state index is 13.6. The molecule has 2 aromatic rings. The molecule has 3 N–H and O–H groups in total. The Bertz CT molecular complexity index is 730. The molecule has 0 saturated carbocycles. The maximum absolute atomic E-state index is 13.6. The highest BCUT2D eigenvalue weighted by molar-refractivity contribution is 7.89. The molecular weight excluding hydrogens is 279 g/mol. The zero-order valence-corrected chi connectivity index (χ0v) is 11.7. The predicted molar refractivity (Wildman–Crippen MR) is 76.0 cm³/mol. The second-order valence-corrected chi connectivity index (χ2v) is 6.24. The van der Waals surface area contributed by atoms with Crippen molar-refractivity contribution in [2.75, 3.05) is 5.73 Å². The third kappa shape index (κ3) is 3.34. The van der Waals surface area contributed by atoms with Crippen LogP contribution >= 0.6 is 0 Å². The Labute approximate surface area is 117 Å². The van der Waals surface area contributed by atoms with Gasteiger partial charge in [-0.05, 0) is 42.3 Å². The molecule has 6 heteroatoms. The Morgan fingerprint density at radius 3 is 2.65 bits per heavy atom. The van der Waals surface area contributed by atoms with Gasteiger partial charge in [-0.1, -0.05) is 18.2 Å². The SMILES string of the molecule is Cc1ccc(F)c(S(=O)(=O)NCc2cccc(N)c2)c1. The average Bonchev–Trinajstić information content (AvgIpc) is 2.39. The molecule has 0 fully saturated rings. The van der Waals surface area contributed by atoms with Crippen molar-refractivity contribution in [2.24, 2.45) is 0 Å². The molecule has 0 radical (unpaired) electrons. The van der Waals surface area contributed by atoms with Crippen LogP contribution in [0.25, 0.3) is 0 Å². The van der Waals surface area contributed by atoms with E-state index in [4.69, 9.17) is 5.73 Å². The topological polar surface area (TPSA) is 72.2 Å². The number of halogens is 1. The van der Waals surface area contributed by atoms with Crippen LogP contribution in [0.1, 0.15) is 11.1 Å². The van der Waals surface area contributed by atoms with Crippen molar-refractivity contribution in [3.05, 3.63) is 59.4 Å². The highest BCUT2D eigenvalue weighted by Crippen LogP contribution is 2.16. The molecule has 0 aliphatic rings. The molecule has 0 spiro atoms. The largest absolute Gasteiger partial charge is 0.399 e. The van der Waals surface area contributed by atoms with E-state index in [2.05, 4.69) is 4.72 Å². The van der Waals surface area contributed by atoms with Crippen LogP contribution in [0.5, 0.6) is 0 Å². The smallest absolute Gasteiger partial charge is 0.243 e. The number of aryl methyl sites for hydroxylation is 1. The average molecular weight is 294 g/mol. The first-order valence-corrected chi connectivity index (χ1v) is 7.47. The van der Waals surface area contributed by atoms with Gasteiger partial charge >= 0.3 is 0 Å². The van der Waals surface area contributed by atoms with Crippen LogP contribution in [-0.4, -0.2) is 8.42 Å². The van der Waals surface area contributed by atoms with Crippen molar-refractivity contribution >= 4 is 15.7 Å². The van der Waals surface area contributed by atoms with Crippen LogP contribution in [0.4, 0.5) is 10.1 Å². The van der Waals surface area contributed by atoms with Crippen LogP contribution in [0, 0.1) is 12.7 Å². The normalized spacial score (nSPS) is 11.5. The predicted octanol–water partition coefficient (Wildman–Crippen LogP) is 2.19. The number of nitrogens with two attached hydrogens (primary N) is 1. The van der Waals surface area contributed by atoms with Gasteiger partial charge in [0.1, 0.15) is 10.7 Å². The summed E-state index contributed by atoms with van der Waals surface area (Å²) in [5, 5.41) is 0. The first-order valence-electron chi connectivity index (χ1n) is 5.99. The quantitative estimate of drug-likeness (QED) is 0.849. The number of nitrogens with one attached hydrogen (secondary N) is 1. The summed E-state index contributed by atoms with van der Waals surface area (Å²) in [7, 11) is -3.89. The number of anilines is 1. The summed E-state index contributed by atoms with van der Waals surface area (Å²) >= 11 is 0. The molecule has 4 nitrogen and oxygen atoms in total. The monoisotopic (exact) mass is 294 g/mol. The highest BCUT2D eigenvalue weighted by Gasteiger charge is 2.18.